The van der Waals surface area contributed by atoms with Crippen LogP contribution in [-0.4, -0.2) is 6.61 Å². The van der Waals surface area contributed by atoms with Gasteiger partial charge in [-0.2, -0.15) is 0 Å². The molecule has 0 fully saturated rings. The predicted octanol–water partition coefficient (Wildman–Crippen LogP) is 4.77. The quantitative estimate of drug-likeness (QED) is 0.529. The fraction of sp³-hybridized carbons (Fsp3) is 0.562. The van der Waals surface area contributed by atoms with Crippen LogP contribution in [0.4, 0.5) is 0 Å². The molecule has 0 saturated heterocycles. The lowest BCUT2D eigenvalue weighted by Gasteiger charge is -2.04. The van der Waals surface area contributed by atoms with Gasteiger partial charge in [0.25, 0.3) is 0 Å². The Hall–Kier alpha value is -0.820. The third-order valence-corrected chi connectivity index (χ3v) is 2.90. The van der Waals surface area contributed by atoms with E-state index < -0.39 is 0 Å². The van der Waals surface area contributed by atoms with Crippen molar-refractivity contribution < 1.29 is 4.74 Å². The van der Waals surface area contributed by atoms with E-state index in [2.05, 4.69) is 31.2 Å². The van der Waals surface area contributed by atoms with Crippen LogP contribution in [0.2, 0.25) is 0 Å². The average molecular weight is 233 g/mol. The first-order chi connectivity index (χ1) is 8.43. The summed E-state index contributed by atoms with van der Waals surface area (Å²) in [6, 6.07) is 10.4. The summed E-state index contributed by atoms with van der Waals surface area (Å²) in [6.45, 7) is 5.50. The Morgan fingerprint density at radius 2 is 1.47 bits per heavy atom. The van der Waals surface area contributed by atoms with E-state index in [0.29, 0.717) is 0 Å². The van der Waals surface area contributed by atoms with Crippen LogP contribution < -0.4 is 0 Å². The Balaban J connectivity index is 1.85. The summed E-state index contributed by atoms with van der Waals surface area (Å²) in [5.74, 6) is 0. The molecule has 0 heterocycles. The molecule has 1 radical (unpaired) electrons. The van der Waals surface area contributed by atoms with Gasteiger partial charge in [0.15, 0.2) is 0 Å². The topological polar surface area (TPSA) is 9.23 Å². The highest BCUT2D eigenvalue weighted by atomic mass is 16.5. The second kappa shape index (κ2) is 10.3. The Bertz CT molecular complexity index is 255. The fourth-order valence-electron chi connectivity index (χ4n) is 1.85. The normalized spacial score (nSPS) is 10.6. The molecule has 0 spiro atoms. The lowest BCUT2D eigenvalue weighted by Crippen LogP contribution is -1.95. The van der Waals surface area contributed by atoms with Crippen LogP contribution in [0.5, 0.6) is 0 Å². The minimum atomic E-state index is 0.752. The zero-order valence-corrected chi connectivity index (χ0v) is 10.9. The van der Waals surface area contributed by atoms with E-state index >= 15 is 0 Å². The molecule has 0 aliphatic carbocycles. The number of benzene rings is 1. The molecule has 0 aliphatic rings. The van der Waals surface area contributed by atoms with Crippen LogP contribution in [-0.2, 0) is 11.3 Å². The van der Waals surface area contributed by atoms with Crippen molar-refractivity contribution in [2.45, 2.75) is 51.6 Å². The van der Waals surface area contributed by atoms with Crippen LogP contribution in [0.1, 0.15) is 50.5 Å². The molecule has 0 N–H and O–H groups in total. The minimum Gasteiger partial charge on any atom is -0.377 e. The lowest BCUT2D eigenvalue weighted by molar-refractivity contribution is 0.116. The molecule has 95 valence electrons. The van der Waals surface area contributed by atoms with Crippen LogP contribution >= 0.6 is 0 Å². The second-order valence-corrected chi connectivity index (χ2v) is 4.51. The van der Waals surface area contributed by atoms with Crippen molar-refractivity contribution in [3.8, 4) is 0 Å². The summed E-state index contributed by atoms with van der Waals surface area (Å²) in [7, 11) is 0. The summed E-state index contributed by atoms with van der Waals surface area (Å²) in [5, 5.41) is 0. The van der Waals surface area contributed by atoms with Crippen molar-refractivity contribution in [3.63, 3.8) is 0 Å². The molecule has 1 nitrogen and oxygen atoms in total. The molecule has 0 bridgehead atoms. The van der Waals surface area contributed by atoms with Crippen molar-refractivity contribution >= 4 is 0 Å². The first-order valence-corrected chi connectivity index (χ1v) is 6.84. The van der Waals surface area contributed by atoms with E-state index in [0.717, 1.165) is 19.6 Å². The minimum absolute atomic E-state index is 0.752. The van der Waals surface area contributed by atoms with E-state index in [-0.39, 0.29) is 0 Å². The highest BCUT2D eigenvalue weighted by Crippen LogP contribution is 2.07. The molecule has 1 rings (SSSR count). The number of rotatable bonds is 10. The lowest BCUT2D eigenvalue weighted by atomic mass is 10.1. The molecule has 1 aromatic carbocycles. The summed E-state index contributed by atoms with van der Waals surface area (Å²) in [4.78, 5) is 0. The van der Waals surface area contributed by atoms with Gasteiger partial charge in [-0.05, 0) is 12.0 Å². The van der Waals surface area contributed by atoms with Gasteiger partial charge < -0.3 is 4.74 Å². The van der Waals surface area contributed by atoms with Crippen molar-refractivity contribution in [1.82, 2.24) is 0 Å². The molecule has 0 unspecified atom stereocenters. The summed E-state index contributed by atoms with van der Waals surface area (Å²) in [6.07, 6.45) is 8.89. The van der Waals surface area contributed by atoms with Gasteiger partial charge in [0.05, 0.1) is 6.61 Å². The first-order valence-electron chi connectivity index (χ1n) is 6.84. The second-order valence-electron chi connectivity index (χ2n) is 4.51. The molecule has 0 atom stereocenters. The molecule has 0 aliphatic heterocycles. The first kappa shape index (κ1) is 14.2. The maximum Gasteiger partial charge on any atom is 0.0716 e. The molecule has 1 aromatic rings. The van der Waals surface area contributed by atoms with E-state index in [4.69, 9.17) is 4.74 Å². The molecule has 17 heavy (non-hydrogen) atoms. The third-order valence-electron chi connectivity index (χ3n) is 2.90. The van der Waals surface area contributed by atoms with Crippen LogP contribution in [0, 0.1) is 6.92 Å². The largest absolute Gasteiger partial charge is 0.377 e. The maximum absolute atomic E-state index is 5.64. The number of hydrogen-bond acceptors (Lipinski definition) is 1. The van der Waals surface area contributed by atoms with E-state index in [1.54, 1.807) is 0 Å². The van der Waals surface area contributed by atoms with Crippen molar-refractivity contribution in [1.29, 1.82) is 0 Å². The van der Waals surface area contributed by atoms with Crippen LogP contribution in [0.3, 0.4) is 0 Å². The molecular weight excluding hydrogens is 208 g/mol. The molecule has 0 amide bonds. The zero-order chi connectivity index (χ0) is 12.2. The smallest absolute Gasteiger partial charge is 0.0716 e. The molecule has 1 heteroatoms. The van der Waals surface area contributed by atoms with Crippen molar-refractivity contribution in [2.24, 2.45) is 0 Å². The highest BCUT2D eigenvalue weighted by Gasteiger charge is 1.93. The van der Waals surface area contributed by atoms with Gasteiger partial charge in [-0.25, -0.2) is 0 Å². The summed E-state index contributed by atoms with van der Waals surface area (Å²) in [5.41, 5.74) is 1.27. The third kappa shape index (κ3) is 7.98. The molecule has 0 aromatic heterocycles. The Labute approximate surface area is 106 Å². The summed E-state index contributed by atoms with van der Waals surface area (Å²) >= 11 is 0. The Morgan fingerprint density at radius 3 is 2.18 bits per heavy atom. The molecular formula is C16H25O. The van der Waals surface area contributed by atoms with Crippen molar-refractivity contribution in [2.75, 3.05) is 6.61 Å². The van der Waals surface area contributed by atoms with Crippen molar-refractivity contribution in [3.05, 3.63) is 42.8 Å². The average Bonchev–Trinajstić information content (AvgIpc) is 2.38. The van der Waals surface area contributed by atoms with Gasteiger partial charge in [0.2, 0.25) is 0 Å². The number of ether oxygens (including phenoxy) is 1. The summed E-state index contributed by atoms with van der Waals surface area (Å²) < 4.78 is 5.64. The van der Waals surface area contributed by atoms with Gasteiger partial charge >= 0.3 is 0 Å². The van der Waals surface area contributed by atoms with Gasteiger partial charge in [0, 0.05) is 6.61 Å². The fourth-order valence-corrected chi connectivity index (χ4v) is 1.85. The van der Waals surface area contributed by atoms with E-state index in [9.17, 15) is 0 Å². The van der Waals surface area contributed by atoms with Crippen LogP contribution in [0.25, 0.3) is 0 Å². The molecule has 0 saturated carbocycles. The van der Waals surface area contributed by atoms with Gasteiger partial charge in [0.1, 0.15) is 0 Å². The van der Waals surface area contributed by atoms with E-state index in [1.165, 1.54) is 44.1 Å². The SMILES string of the molecule is [CH2]CCCCCCCCOCc1ccccc1. The number of unbranched alkanes of at least 4 members (excludes halogenated alkanes) is 6. The highest BCUT2D eigenvalue weighted by molar-refractivity contribution is 5.13. The monoisotopic (exact) mass is 233 g/mol. The van der Waals surface area contributed by atoms with Crippen LogP contribution in [0.15, 0.2) is 30.3 Å². The van der Waals surface area contributed by atoms with Gasteiger partial charge in [-0.15, -0.1) is 0 Å². The van der Waals surface area contributed by atoms with E-state index in [1.807, 2.05) is 6.07 Å². The maximum atomic E-state index is 5.64. The van der Waals surface area contributed by atoms with Gasteiger partial charge in [-0.3, -0.25) is 0 Å². The Morgan fingerprint density at radius 1 is 0.824 bits per heavy atom. The standard InChI is InChI=1S/C16H25O/c1-2-3-4-5-6-7-11-14-17-15-16-12-9-8-10-13-16/h8-10,12-13H,1-7,11,14-15H2. The Kier molecular flexibility index (Phi) is 8.66. The van der Waals surface area contributed by atoms with Gasteiger partial charge in [-0.1, -0.05) is 75.8 Å². The zero-order valence-electron chi connectivity index (χ0n) is 10.9. The predicted molar refractivity (Wildman–Crippen MR) is 73.8 cm³/mol. The number of hydrogen-bond donors (Lipinski definition) is 0.